The van der Waals surface area contributed by atoms with Crippen LogP contribution in [0.3, 0.4) is 0 Å². The summed E-state index contributed by atoms with van der Waals surface area (Å²) in [6.45, 7) is 0. The van der Waals surface area contributed by atoms with Gasteiger partial charge in [0.2, 0.25) is 0 Å². The van der Waals surface area contributed by atoms with Crippen LogP contribution in [0.1, 0.15) is 38.5 Å². The van der Waals surface area contributed by atoms with Crippen LogP contribution in [0.5, 0.6) is 0 Å². The Hall–Kier alpha value is -0.170. The highest BCUT2D eigenvalue weighted by Gasteiger charge is 2.37. The second-order valence-electron chi connectivity index (χ2n) is 5.95. The topological polar surface area (TPSA) is 0 Å². The van der Waals surface area contributed by atoms with Gasteiger partial charge in [-0.3, -0.25) is 0 Å². The van der Waals surface area contributed by atoms with Gasteiger partial charge in [0.05, 0.1) is 0 Å². The lowest BCUT2D eigenvalue weighted by atomic mass is 9.70. The molecule has 1 fully saturated rings. The van der Waals surface area contributed by atoms with E-state index in [1.165, 1.54) is 50.0 Å². The van der Waals surface area contributed by atoms with E-state index in [1.807, 2.05) is 0 Å². The zero-order valence-electron chi connectivity index (χ0n) is 10.7. The normalized spacial score (nSPS) is 41.9. The molecule has 3 aliphatic rings. The van der Waals surface area contributed by atoms with E-state index in [1.54, 1.807) is 0 Å². The molecule has 0 radical (unpaired) electrons. The van der Waals surface area contributed by atoms with Crippen molar-refractivity contribution in [2.45, 2.75) is 38.5 Å². The minimum absolute atomic E-state index is 1.01. The smallest absolute Gasteiger partial charge is 0.00332 e. The van der Waals surface area contributed by atoms with E-state index in [0.29, 0.717) is 0 Å². The van der Waals surface area contributed by atoms with Gasteiger partial charge in [0.25, 0.3) is 0 Å². The van der Waals surface area contributed by atoms with Crippen molar-refractivity contribution in [2.75, 3.05) is 11.5 Å². The first kappa shape index (κ1) is 11.9. The number of rotatable bonds is 2. The van der Waals surface area contributed by atoms with Gasteiger partial charge in [-0.05, 0) is 73.7 Å². The van der Waals surface area contributed by atoms with Crippen molar-refractivity contribution in [1.29, 1.82) is 0 Å². The molecular formula is C16H24S. The zero-order valence-corrected chi connectivity index (χ0v) is 11.5. The molecule has 0 N–H and O–H groups in total. The van der Waals surface area contributed by atoms with E-state index >= 15 is 0 Å². The summed E-state index contributed by atoms with van der Waals surface area (Å²) in [4.78, 5) is 0. The molecule has 0 aromatic rings. The van der Waals surface area contributed by atoms with Crippen LogP contribution >= 0.6 is 11.8 Å². The average Bonchev–Trinajstić information content (AvgIpc) is 2.90. The van der Waals surface area contributed by atoms with Gasteiger partial charge in [0.1, 0.15) is 0 Å². The molecule has 0 bridgehead atoms. The molecule has 3 rings (SSSR count). The van der Waals surface area contributed by atoms with Crippen LogP contribution in [-0.2, 0) is 0 Å². The number of allylic oxidation sites excluding steroid dienone is 4. The van der Waals surface area contributed by atoms with Crippen molar-refractivity contribution in [1.82, 2.24) is 0 Å². The fraction of sp³-hybridized carbons (Fsp3) is 0.750. The molecule has 94 valence electrons. The highest BCUT2D eigenvalue weighted by atomic mass is 32.2. The molecular weight excluding hydrogens is 224 g/mol. The fourth-order valence-electron chi connectivity index (χ4n) is 3.97. The maximum atomic E-state index is 2.44. The lowest BCUT2D eigenvalue weighted by Gasteiger charge is -2.34. The maximum absolute atomic E-state index is 2.44. The van der Waals surface area contributed by atoms with Crippen LogP contribution < -0.4 is 0 Å². The van der Waals surface area contributed by atoms with E-state index in [2.05, 4.69) is 36.1 Å². The monoisotopic (exact) mass is 248 g/mol. The Morgan fingerprint density at radius 3 is 1.65 bits per heavy atom. The van der Waals surface area contributed by atoms with Gasteiger partial charge >= 0.3 is 0 Å². The summed E-state index contributed by atoms with van der Waals surface area (Å²) < 4.78 is 0. The molecule has 1 heterocycles. The third-order valence-corrected chi connectivity index (χ3v) is 6.24. The van der Waals surface area contributed by atoms with Gasteiger partial charge < -0.3 is 0 Å². The summed E-state index contributed by atoms with van der Waals surface area (Å²) in [5, 5.41) is 0. The molecule has 1 heteroatoms. The first-order valence-electron chi connectivity index (χ1n) is 7.33. The Morgan fingerprint density at radius 1 is 0.706 bits per heavy atom. The van der Waals surface area contributed by atoms with Gasteiger partial charge in [-0.15, -0.1) is 0 Å². The predicted molar refractivity (Wildman–Crippen MR) is 77.3 cm³/mol. The quantitative estimate of drug-likeness (QED) is 0.639. The Bertz CT molecular complexity index is 275. The number of thioether (sulfide) groups is 1. The summed E-state index contributed by atoms with van der Waals surface area (Å²) in [5.41, 5.74) is 0. The summed E-state index contributed by atoms with van der Waals surface area (Å²) in [6.07, 6.45) is 18.0. The largest absolute Gasteiger partial charge is 0.161 e. The lowest BCUT2D eigenvalue weighted by Crippen LogP contribution is -2.29. The van der Waals surface area contributed by atoms with E-state index in [0.717, 1.165) is 23.7 Å². The highest BCUT2D eigenvalue weighted by molar-refractivity contribution is 7.99. The molecule has 1 saturated heterocycles. The van der Waals surface area contributed by atoms with Gasteiger partial charge in [-0.25, -0.2) is 0 Å². The summed E-state index contributed by atoms with van der Waals surface area (Å²) in [7, 11) is 0. The van der Waals surface area contributed by atoms with Crippen molar-refractivity contribution in [3.63, 3.8) is 0 Å². The molecule has 0 amide bonds. The zero-order chi connectivity index (χ0) is 11.5. The van der Waals surface area contributed by atoms with Gasteiger partial charge in [0.15, 0.2) is 0 Å². The van der Waals surface area contributed by atoms with Crippen LogP contribution in [0.4, 0.5) is 0 Å². The second kappa shape index (κ2) is 5.65. The van der Waals surface area contributed by atoms with Crippen LogP contribution in [0.2, 0.25) is 0 Å². The van der Waals surface area contributed by atoms with E-state index in [4.69, 9.17) is 0 Å². The molecule has 2 unspecified atom stereocenters. The summed E-state index contributed by atoms with van der Waals surface area (Å²) >= 11 is 2.23. The minimum Gasteiger partial charge on any atom is -0.161 e. The standard InChI is InChI=1S/C16H24S/c1-3-7-13(8-4-1)15-11-17-12-16(15)14-9-5-2-6-10-14/h1-3,5,13-16H,4,6-12H2/t13?,14?,15-,16-/m1/s1. The minimum atomic E-state index is 1.01. The summed E-state index contributed by atoms with van der Waals surface area (Å²) in [6, 6.07) is 0. The first-order chi connectivity index (χ1) is 8.45. The summed E-state index contributed by atoms with van der Waals surface area (Å²) in [5.74, 6) is 6.96. The molecule has 4 atom stereocenters. The predicted octanol–water partition coefficient (Wildman–Crippen LogP) is 4.68. The van der Waals surface area contributed by atoms with Gasteiger partial charge in [0, 0.05) is 0 Å². The SMILES string of the molecule is C1=CCC([C@H]2CSC[C@@H]2C2CC=CCC2)CC1. The Balaban J connectivity index is 1.66. The van der Waals surface area contributed by atoms with E-state index in [9.17, 15) is 0 Å². The third kappa shape index (κ3) is 2.65. The van der Waals surface area contributed by atoms with Crippen LogP contribution in [0, 0.1) is 23.7 Å². The Kier molecular flexibility index (Phi) is 3.95. The molecule has 2 aliphatic carbocycles. The second-order valence-corrected chi connectivity index (χ2v) is 7.03. The Morgan fingerprint density at radius 2 is 1.24 bits per heavy atom. The molecule has 1 aliphatic heterocycles. The van der Waals surface area contributed by atoms with Crippen molar-refractivity contribution in [3.8, 4) is 0 Å². The molecule has 0 aromatic carbocycles. The fourth-order valence-corrected chi connectivity index (χ4v) is 5.69. The first-order valence-corrected chi connectivity index (χ1v) is 8.48. The molecule has 0 nitrogen and oxygen atoms in total. The molecule has 0 saturated carbocycles. The average molecular weight is 248 g/mol. The van der Waals surface area contributed by atoms with Gasteiger partial charge in [-0.2, -0.15) is 11.8 Å². The van der Waals surface area contributed by atoms with Crippen molar-refractivity contribution in [3.05, 3.63) is 24.3 Å². The number of hydrogen-bond donors (Lipinski definition) is 0. The molecule has 0 aromatic heterocycles. The van der Waals surface area contributed by atoms with Crippen LogP contribution in [-0.4, -0.2) is 11.5 Å². The van der Waals surface area contributed by atoms with Gasteiger partial charge in [-0.1, -0.05) is 24.3 Å². The molecule has 17 heavy (non-hydrogen) atoms. The molecule has 0 spiro atoms. The third-order valence-electron chi connectivity index (χ3n) is 5.00. The van der Waals surface area contributed by atoms with Crippen molar-refractivity contribution in [2.24, 2.45) is 23.7 Å². The highest BCUT2D eigenvalue weighted by Crippen LogP contribution is 2.45. The van der Waals surface area contributed by atoms with Crippen molar-refractivity contribution < 1.29 is 0 Å². The van der Waals surface area contributed by atoms with Crippen LogP contribution in [0.25, 0.3) is 0 Å². The Labute approximate surface area is 110 Å². The van der Waals surface area contributed by atoms with E-state index < -0.39 is 0 Å². The van der Waals surface area contributed by atoms with Crippen molar-refractivity contribution >= 4 is 11.8 Å². The lowest BCUT2D eigenvalue weighted by molar-refractivity contribution is 0.191. The van der Waals surface area contributed by atoms with Crippen LogP contribution in [0.15, 0.2) is 24.3 Å². The van der Waals surface area contributed by atoms with E-state index in [-0.39, 0.29) is 0 Å². The maximum Gasteiger partial charge on any atom is -0.00332 e. The number of hydrogen-bond acceptors (Lipinski definition) is 1.